The lowest BCUT2D eigenvalue weighted by atomic mass is 10.1. The maximum Gasteiger partial charge on any atom is 0.469 e. The zero-order chi connectivity index (χ0) is 15.7. The summed E-state index contributed by atoms with van der Waals surface area (Å²) in [6, 6.07) is 0. The minimum atomic E-state index is -4.23. The summed E-state index contributed by atoms with van der Waals surface area (Å²) < 4.78 is 14.5. The summed E-state index contributed by atoms with van der Waals surface area (Å²) in [7, 11) is 3.27. The lowest BCUT2D eigenvalue weighted by Gasteiger charge is -2.05. The smallest absolute Gasteiger partial charge is 0.323 e. The van der Waals surface area contributed by atoms with Crippen LogP contribution in [0.3, 0.4) is 0 Å². The fraction of sp³-hybridized carbons (Fsp3) is 1.00. The predicted octanol–water partition coefficient (Wildman–Crippen LogP) is 1.98. The molecule has 4 N–H and O–H groups in total. The van der Waals surface area contributed by atoms with Crippen molar-refractivity contribution >= 4 is 7.82 Å². The van der Waals surface area contributed by atoms with E-state index in [1.807, 2.05) is 28.2 Å². The first-order valence-electron chi connectivity index (χ1n) is 6.62. The molecule has 0 aromatic heterocycles. The summed E-state index contributed by atoms with van der Waals surface area (Å²) in [6.45, 7) is 4.47. The van der Waals surface area contributed by atoms with Gasteiger partial charge in [0.2, 0.25) is 0 Å². The van der Waals surface area contributed by atoms with Crippen LogP contribution in [0.15, 0.2) is 0 Å². The van der Waals surface area contributed by atoms with E-state index in [1.165, 1.54) is 0 Å². The van der Waals surface area contributed by atoms with Crippen LogP contribution in [0.5, 0.6) is 0 Å². The predicted molar refractivity (Wildman–Crippen MR) is 81.3 cm³/mol. The molecule has 120 valence electrons. The molecule has 0 aromatic rings. The molecule has 0 saturated carbocycles. The largest absolute Gasteiger partial charge is 0.469 e. The summed E-state index contributed by atoms with van der Waals surface area (Å²) >= 11 is 0. The molecule has 0 aromatic carbocycles. The van der Waals surface area contributed by atoms with Gasteiger partial charge in [-0.2, -0.15) is 0 Å². The molecule has 0 amide bonds. The minimum absolute atomic E-state index is 0.155. The third-order valence-corrected chi connectivity index (χ3v) is 2.20. The van der Waals surface area contributed by atoms with Gasteiger partial charge in [0.1, 0.15) is 0 Å². The summed E-state index contributed by atoms with van der Waals surface area (Å²) in [5.74, 6) is 0.697. The Hall–Kier alpha value is 0.0300. The zero-order valence-corrected chi connectivity index (χ0v) is 14.2. The van der Waals surface area contributed by atoms with E-state index in [-0.39, 0.29) is 6.61 Å². The van der Waals surface area contributed by atoms with E-state index in [9.17, 15) is 4.57 Å². The van der Waals surface area contributed by atoms with Crippen molar-refractivity contribution in [3.63, 3.8) is 0 Å². The number of phosphoric ester groups is 1. The van der Waals surface area contributed by atoms with Gasteiger partial charge in [-0.05, 0) is 40.5 Å². The van der Waals surface area contributed by atoms with Gasteiger partial charge in [0.25, 0.3) is 0 Å². The molecule has 19 heavy (non-hydrogen) atoms. The van der Waals surface area contributed by atoms with Crippen molar-refractivity contribution in [1.82, 2.24) is 10.6 Å². The number of hydrogen-bond acceptors (Lipinski definition) is 4. The molecule has 0 saturated heterocycles. The average Bonchev–Trinajstić information content (AvgIpc) is 2.23. The highest BCUT2D eigenvalue weighted by molar-refractivity contribution is 7.46. The maximum atomic E-state index is 10.2. The fourth-order valence-corrected chi connectivity index (χ4v) is 1.38. The topological polar surface area (TPSA) is 90.8 Å². The molecule has 7 heteroatoms. The van der Waals surface area contributed by atoms with Crippen LogP contribution in [0.4, 0.5) is 0 Å². The number of hydrogen-bond donors (Lipinski definition) is 4. The van der Waals surface area contributed by atoms with E-state index in [0.29, 0.717) is 5.92 Å². The summed E-state index contributed by atoms with van der Waals surface area (Å²) in [5, 5.41) is 5.50. The Balaban J connectivity index is -0.000000360. The Bertz CT molecular complexity index is 196. The molecule has 0 rings (SSSR count). The maximum absolute atomic E-state index is 10.2. The van der Waals surface area contributed by atoms with Gasteiger partial charge < -0.3 is 20.4 Å². The molecule has 0 bridgehead atoms. The highest BCUT2D eigenvalue weighted by atomic mass is 31.2. The van der Waals surface area contributed by atoms with Crippen molar-refractivity contribution < 1.29 is 18.9 Å². The molecule has 0 spiro atoms. The van der Waals surface area contributed by atoms with Crippen molar-refractivity contribution in [3.8, 4) is 0 Å². The second-order valence-corrected chi connectivity index (χ2v) is 5.81. The second kappa shape index (κ2) is 18.0. The summed E-state index contributed by atoms with van der Waals surface area (Å²) in [6.07, 6.45) is 3.95. The van der Waals surface area contributed by atoms with E-state index in [1.54, 1.807) is 0 Å². The molecule has 0 aliphatic rings. The third-order valence-electron chi connectivity index (χ3n) is 1.69. The van der Waals surface area contributed by atoms with Gasteiger partial charge in [0.05, 0.1) is 6.61 Å². The van der Waals surface area contributed by atoms with Crippen molar-refractivity contribution in [3.05, 3.63) is 0 Å². The quantitative estimate of drug-likeness (QED) is 0.424. The van der Waals surface area contributed by atoms with E-state index in [0.717, 1.165) is 25.7 Å². The SMILES string of the molecule is CC(C)CCCCCOP(=O)(O)O.CNC.CNC. The molecule has 0 aliphatic carbocycles. The highest BCUT2D eigenvalue weighted by Crippen LogP contribution is 2.35. The number of phosphoric acid groups is 1. The van der Waals surface area contributed by atoms with Gasteiger partial charge >= 0.3 is 7.82 Å². The molecule has 0 unspecified atom stereocenters. The Labute approximate surface area is 118 Å². The molecule has 6 nitrogen and oxygen atoms in total. The first kappa shape index (κ1) is 24.1. The lowest BCUT2D eigenvalue weighted by molar-refractivity contribution is 0.193. The monoisotopic (exact) mass is 300 g/mol. The molecule has 0 heterocycles. The highest BCUT2D eigenvalue weighted by Gasteiger charge is 2.12. The van der Waals surface area contributed by atoms with Crippen LogP contribution < -0.4 is 10.6 Å². The average molecular weight is 300 g/mol. The fourth-order valence-electron chi connectivity index (χ4n) is 1.01. The molecule has 0 fully saturated rings. The van der Waals surface area contributed by atoms with Gasteiger partial charge in [-0.3, -0.25) is 4.52 Å². The zero-order valence-electron chi connectivity index (χ0n) is 13.3. The van der Waals surface area contributed by atoms with Gasteiger partial charge in [-0.25, -0.2) is 4.57 Å². The van der Waals surface area contributed by atoms with E-state index < -0.39 is 7.82 Å². The standard InChI is InChI=1S/C8H19O4P.2C2H7N/c1-8(2)6-4-3-5-7-12-13(9,10)11;2*1-3-2/h8H,3-7H2,1-2H3,(H2,9,10,11);2*3H,1-2H3. The van der Waals surface area contributed by atoms with Crippen LogP contribution in [0.1, 0.15) is 39.5 Å². The second-order valence-electron chi connectivity index (χ2n) is 4.57. The van der Waals surface area contributed by atoms with Crippen molar-refractivity contribution in [2.24, 2.45) is 5.92 Å². The van der Waals surface area contributed by atoms with Crippen LogP contribution in [-0.2, 0) is 9.09 Å². The third kappa shape index (κ3) is 46.1. The van der Waals surface area contributed by atoms with Gasteiger partial charge in [0.15, 0.2) is 0 Å². The van der Waals surface area contributed by atoms with E-state index in [4.69, 9.17) is 9.79 Å². The van der Waals surface area contributed by atoms with Crippen LogP contribution >= 0.6 is 7.82 Å². The number of rotatable bonds is 7. The first-order valence-corrected chi connectivity index (χ1v) is 8.15. The molecule has 0 aliphatic heterocycles. The van der Waals surface area contributed by atoms with Crippen molar-refractivity contribution in [2.75, 3.05) is 34.8 Å². The molecular formula is C12H33N2O4P. The van der Waals surface area contributed by atoms with Crippen LogP contribution in [-0.4, -0.2) is 44.6 Å². The van der Waals surface area contributed by atoms with Gasteiger partial charge in [0, 0.05) is 0 Å². The normalized spacial score (nSPS) is 10.4. The van der Waals surface area contributed by atoms with Crippen LogP contribution in [0.25, 0.3) is 0 Å². The Kier molecular flexibility index (Phi) is 22.8. The van der Waals surface area contributed by atoms with Crippen LogP contribution in [0.2, 0.25) is 0 Å². The number of nitrogens with one attached hydrogen (secondary N) is 2. The Morgan fingerprint density at radius 1 is 1.00 bits per heavy atom. The van der Waals surface area contributed by atoms with Gasteiger partial charge in [-0.1, -0.05) is 33.1 Å². The Morgan fingerprint density at radius 3 is 1.74 bits per heavy atom. The minimum Gasteiger partial charge on any atom is -0.323 e. The summed E-state index contributed by atoms with van der Waals surface area (Å²) in [5.41, 5.74) is 0. The Morgan fingerprint density at radius 2 is 1.42 bits per heavy atom. The summed E-state index contributed by atoms with van der Waals surface area (Å²) in [4.78, 5) is 16.7. The molecule has 0 atom stereocenters. The van der Waals surface area contributed by atoms with E-state index in [2.05, 4.69) is 29.0 Å². The van der Waals surface area contributed by atoms with Crippen molar-refractivity contribution in [2.45, 2.75) is 39.5 Å². The van der Waals surface area contributed by atoms with E-state index >= 15 is 0 Å². The first-order chi connectivity index (χ1) is 8.74. The van der Waals surface area contributed by atoms with Crippen LogP contribution in [0, 0.1) is 5.92 Å². The molecular weight excluding hydrogens is 267 g/mol. The lowest BCUT2D eigenvalue weighted by Crippen LogP contribution is -1.93. The van der Waals surface area contributed by atoms with Crippen molar-refractivity contribution in [1.29, 1.82) is 0 Å². The molecule has 0 radical (unpaired) electrons. The number of unbranched alkanes of at least 4 members (excludes halogenated alkanes) is 2. The van der Waals surface area contributed by atoms with Gasteiger partial charge in [-0.15, -0.1) is 0 Å².